The second kappa shape index (κ2) is 6.05. The molecule has 0 aliphatic heterocycles. The molecule has 0 radical (unpaired) electrons. The van der Waals surface area contributed by atoms with Gasteiger partial charge in [-0.25, -0.2) is 0 Å². The van der Waals surface area contributed by atoms with E-state index in [1.54, 1.807) is 13.8 Å². The molecule has 0 aliphatic carbocycles. The van der Waals surface area contributed by atoms with Gasteiger partial charge in [0, 0.05) is 0 Å². The highest BCUT2D eigenvalue weighted by Crippen LogP contribution is 2.28. The SMILES string of the molecule is CCOC(=O)C(C)(CC#N)Cc1ccccc1. The van der Waals surface area contributed by atoms with E-state index >= 15 is 0 Å². The molecule has 0 fully saturated rings. The van der Waals surface area contributed by atoms with Gasteiger partial charge in [-0.3, -0.25) is 4.79 Å². The molecule has 1 aromatic rings. The highest BCUT2D eigenvalue weighted by Gasteiger charge is 2.34. The predicted molar refractivity (Wildman–Crippen MR) is 65.1 cm³/mol. The molecule has 0 aliphatic rings. The number of benzene rings is 1. The van der Waals surface area contributed by atoms with Gasteiger partial charge in [-0.1, -0.05) is 30.3 Å². The first-order valence-corrected chi connectivity index (χ1v) is 5.70. The molecule has 0 saturated heterocycles. The van der Waals surface area contributed by atoms with Crippen LogP contribution in [0.1, 0.15) is 25.8 Å². The fourth-order valence-corrected chi connectivity index (χ4v) is 1.73. The van der Waals surface area contributed by atoms with Gasteiger partial charge in [0.25, 0.3) is 0 Å². The summed E-state index contributed by atoms with van der Waals surface area (Å²) in [7, 11) is 0. The summed E-state index contributed by atoms with van der Waals surface area (Å²) < 4.78 is 5.04. The Kier molecular flexibility index (Phi) is 4.71. The fourth-order valence-electron chi connectivity index (χ4n) is 1.73. The van der Waals surface area contributed by atoms with Crippen molar-refractivity contribution in [3.05, 3.63) is 35.9 Å². The van der Waals surface area contributed by atoms with Gasteiger partial charge >= 0.3 is 5.97 Å². The molecule has 90 valence electrons. The normalized spacial score (nSPS) is 13.5. The summed E-state index contributed by atoms with van der Waals surface area (Å²) in [5.41, 5.74) is 0.282. The number of rotatable bonds is 5. The van der Waals surface area contributed by atoms with Gasteiger partial charge in [0.05, 0.1) is 24.5 Å². The van der Waals surface area contributed by atoms with E-state index in [-0.39, 0.29) is 12.4 Å². The zero-order valence-electron chi connectivity index (χ0n) is 10.3. The highest BCUT2D eigenvalue weighted by atomic mass is 16.5. The Labute approximate surface area is 102 Å². The first kappa shape index (κ1) is 13.2. The van der Waals surface area contributed by atoms with Gasteiger partial charge in [0.15, 0.2) is 0 Å². The molecule has 0 spiro atoms. The largest absolute Gasteiger partial charge is 0.466 e. The Morgan fingerprint density at radius 2 is 2.06 bits per heavy atom. The summed E-state index contributed by atoms with van der Waals surface area (Å²) in [6.45, 7) is 3.89. The van der Waals surface area contributed by atoms with Gasteiger partial charge in [-0.2, -0.15) is 5.26 Å². The van der Waals surface area contributed by atoms with E-state index in [1.807, 2.05) is 30.3 Å². The van der Waals surface area contributed by atoms with Crippen LogP contribution in [0, 0.1) is 16.7 Å². The van der Waals surface area contributed by atoms with Gasteiger partial charge < -0.3 is 4.74 Å². The number of hydrogen-bond acceptors (Lipinski definition) is 3. The molecule has 0 bridgehead atoms. The van der Waals surface area contributed by atoms with Crippen LogP contribution in [0.4, 0.5) is 0 Å². The average Bonchev–Trinajstić information content (AvgIpc) is 2.31. The maximum Gasteiger partial charge on any atom is 0.313 e. The Balaban J connectivity index is 2.86. The topological polar surface area (TPSA) is 50.1 Å². The standard InChI is InChI=1S/C14H17NO2/c1-3-17-13(16)14(2,9-10-15)11-12-7-5-4-6-8-12/h4-8H,3,9,11H2,1-2H3. The lowest BCUT2D eigenvalue weighted by Crippen LogP contribution is -2.32. The minimum atomic E-state index is -0.758. The Bertz CT molecular complexity index is 408. The summed E-state index contributed by atoms with van der Waals surface area (Å²) >= 11 is 0. The molecule has 0 amide bonds. The minimum Gasteiger partial charge on any atom is -0.466 e. The van der Waals surface area contributed by atoms with Crippen LogP contribution in [0.3, 0.4) is 0 Å². The van der Waals surface area contributed by atoms with Gasteiger partial charge in [-0.05, 0) is 25.8 Å². The summed E-state index contributed by atoms with van der Waals surface area (Å²) in [5.74, 6) is -0.301. The van der Waals surface area contributed by atoms with Crippen LogP contribution in [0.25, 0.3) is 0 Å². The third-order valence-electron chi connectivity index (χ3n) is 2.67. The molecule has 1 unspecified atom stereocenters. The third kappa shape index (κ3) is 3.60. The second-order valence-corrected chi connectivity index (χ2v) is 4.28. The zero-order chi connectivity index (χ0) is 12.7. The molecule has 0 heterocycles. The van der Waals surface area contributed by atoms with E-state index in [2.05, 4.69) is 6.07 Å². The first-order chi connectivity index (χ1) is 8.12. The van der Waals surface area contributed by atoms with Gasteiger partial charge in [0.1, 0.15) is 0 Å². The molecule has 0 saturated carbocycles. The van der Waals surface area contributed by atoms with Crippen molar-refractivity contribution in [1.29, 1.82) is 5.26 Å². The third-order valence-corrected chi connectivity index (χ3v) is 2.67. The van der Waals surface area contributed by atoms with Crippen LogP contribution in [0.5, 0.6) is 0 Å². The van der Waals surface area contributed by atoms with Crippen molar-refractivity contribution in [2.24, 2.45) is 5.41 Å². The predicted octanol–water partition coefficient (Wildman–Crippen LogP) is 2.71. The summed E-state index contributed by atoms with van der Waals surface area (Å²) in [6.07, 6.45) is 0.695. The van der Waals surface area contributed by atoms with Crippen molar-refractivity contribution in [1.82, 2.24) is 0 Å². The number of ether oxygens (including phenoxy) is 1. The maximum absolute atomic E-state index is 11.9. The molecule has 1 atom stereocenters. The molecule has 3 heteroatoms. The fraction of sp³-hybridized carbons (Fsp3) is 0.429. The van der Waals surface area contributed by atoms with E-state index in [0.717, 1.165) is 5.56 Å². The average molecular weight is 231 g/mol. The van der Waals surface area contributed by atoms with Crippen molar-refractivity contribution in [2.45, 2.75) is 26.7 Å². The molecule has 0 aromatic heterocycles. The van der Waals surface area contributed by atoms with Gasteiger partial charge in [0.2, 0.25) is 0 Å². The van der Waals surface area contributed by atoms with Crippen LogP contribution < -0.4 is 0 Å². The van der Waals surface area contributed by atoms with Crippen molar-refractivity contribution in [2.75, 3.05) is 6.61 Å². The quantitative estimate of drug-likeness (QED) is 0.732. The highest BCUT2D eigenvalue weighted by molar-refractivity contribution is 5.77. The summed E-state index contributed by atoms with van der Waals surface area (Å²) in [6, 6.07) is 11.7. The number of nitriles is 1. The molecule has 1 rings (SSSR count). The molecular weight excluding hydrogens is 214 g/mol. The second-order valence-electron chi connectivity index (χ2n) is 4.28. The maximum atomic E-state index is 11.9. The Morgan fingerprint density at radius 3 is 2.59 bits per heavy atom. The molecule has 3 nitrogen and oxygen atoms in total. The van der Waals surface area contributed by atoms with Crippen molar-refractivity contribution in [3.8, 4) is 6.07 Å². The smallest absolute Gasteiger partial charge is 0.313 e. The van der Waals surface area contributed by atoms with E-state index < -0.39 is 5.41 Å². The summed E-state index contributed by atoms with van der Waals surface area (Å²) in [4.78, 5) is 11.9. The van der Waals surface area contributed by atoms with Crippen LogP contribution in [-0.4, -0.2) is 12.6 Å². The molecular formula is C14H17NO2. The van der Waals surface area contributed by atoms with Crippen LogP contribution in [-0.2, 0) is 16.0 Å². The number of esters is 1. The van der Waals surface area contributed by atoms with E-state index in [4.69, 9.17) is 10.00 Å². The Morgan fingerprint density at radius 1 is 1.41 bits per heavy atom. The summed E-state index contributed by atoms with van der Waals surface area (Å²) in [5, 5.41) is 8.84. The number of nitrogens with zero attached hydrogens (tertiary/aromatic N) is 1. The van der Waals surface area contributed by atoms with E-state index in [0.29, 0.717) is 13.0 Å². The Hall–Kier alpha value is -1.82. The minimum absolute atomic E-state index is 0.167. The lowest BCUT2D eigenvalue weighted by Gasteiger charge is -2.24. The number of carbonyl (C=O) groups excluding carboxylic acids is 1. The zero-order valence-corrected chi connectivity index (χ0v) is 10.3. The number of hydrogen-bond donors (Lipinski definition) is 0. The lowest BCUT2D eigenvalue weighted by atomic mass is 9.81. The van der Waals surface area contributed by atoms with Crippen molar-refractivity contribution < 1.29 is 9.53 Å². The first-order valence-electron chi connectivity index (χ1n) is 5.70. The lowest BCUT2D eigenvalue weighted by molar-refractivity contribution is -0.154. The van der Waals surface area contributed by atoms with E-state index in [1.165, 1.54) is 0 Å². The molecule has 17 heavy (non-hydrogen) atoms. The molecule has 0 N–H and O–H groups in total. The van der Waals surface area contributed by atoms with E-state index in [9.17, 15) is 4.79 Å². The van der Waals surface area contributed by atoms with Crippen molar-refractivity contribution >= 4 is 5.97 Å². The van der Waals surface area contributed by atoms with Gasteiger partial charge in [-0.15, -0.1) is 0 Å². The van der Waals surface area contributed by atoms with Crippen LogP contribution in [0.2, 0.25) is 0 Å². The molecule has 1 aromatic carbocycles. The van der Waals surface area contributed by atoms with Crippen LogP contribution in [0.15, 0.2) is 30.3 Å². The van der Waals surface area contributed by atoms with Crippen LogP contribution >= 0.6 is 0 Å². The van der Waals surface area contributed by atoms with Crippen molar-refractivity contribution in [3.63, 3.8) is 0 Å². The number of carbonyl (C=O) groups is 1. The monoisotopic (exact) mass is 231 g/mol.